The molecule has 0 radical (unpaired) electrons. The summed E-state index contributed by atoms with van der Waals surface area (Å²) in [4.78, 5) is 12.2. The van der Waals surface area contributed by atoms with E-state index in [1.807, 2.05) is 6.07 Å². The maximum absolute atomic E-state index is 12.2. The molecule has 2 heterocycles. The number of phenolic OH excluding ortho intramolecular Hbond substituents is 1. The van der Waals surface area contributed by atoms with E-state index in [0.717, 1.165) is 24.8 Å². The van der Waals surface area contributed by atoms with Gasteiger partial charge in [-0.3, -0.25) is 0 Å². The maximum atomic E-state index is 12.2. The Hall–Kier alpha value is -2.05. The highest BCUT2D eigenvalue weighted by molar-refractivity contribution is 7.07. The fraction of sp³-hybridized carbons (Fsp3) is 0.421. The average Bonchev–Trinajstić information content (AvgIpc) is 3.12. The van der Waals surface area contributed by atoms with E-state index in [-0.39, 0.29) is 18.1 Å². The van der Waals surface area contributed by atoms with E-state index >= 15 is 0 Å². The van der Waals surface area contributed by atoms with E-state index in [4.69, 9.17) is 0 Å². The van der Waals surface area contributed by atoms with Crippen LogP contribution in [-0.4, -0.2) is 29.8 Å². The normalized spacial score (nSPS) is 17.6. The SMILES string of the molecule is CCC(Cc1ccsc1)NC(=O)NC[C@@H]1Cc2ccc(O)cc2CN1. The molecule has 3 rings (SSSR count). The first kappa shape index (κ1) is 17.8. The van der Waals surface area contributed by atoms with Crippen LogP contribution in [0.2, 0.25) is 0 Å². The summed E-state index contributed by atoms with van der Waals surface area (Å²) in [5.41, 5.74) is 3.63. The lowest BCUT2D eigenvalue weighted by Crippen LogP contribution is -2.49. The van der Waals surface area contributed by atoms with Gasteiger partial charge in [-0.2, -0.15) is 11.3 Å². The topological polar surface area (TPSA) is 73.4 Å². The van der Waals surface area contributed by atoms with Crippen LogP contribution in [0.4, 0.5) is 4.79 Å². The summed E-state index contributed by atoms with van der Waals surface area (Å²) in [6.45, 7) is 3.39. The zero-order chi connectivity index (χ0) is 17.6. The van der Waals surface area contributed by atoms with E-state index < -0.39 is 0 Å². The van der Waals surface area contributed by atoms with Crippen LogP contribution in [0, 0.1) is 0 Å². The second-order valence-electron chi connectivity index (χ2n) is 6.53. The molecule has 2 amide bonds. The van der Waals surface area contributed by atoms with Gasteiger partial charge >= 0.3 is 6.03 Å². The minimum Gasteiger partial charge on any atom is -0.508 e. The number of fused-ring (bicyclic) bond motifs is 1. The van der Waals surface area contributed by atoms with Crippen LogP contribution in [-0.2, 0) is 19.4 Å². The summed E-state index contributed by atoms with van der Waals surface area (Å²) >= 11 is 1.68. The Morgan fingerprint density at radius 2 is 2.28 bits per heavy atom. The van der Waals surface area contributed by atoms with Crippen LogP contribution in [0.1, 0.15) is 30.0 Å². The summed E-state index contributed by atoms with van der Waals surface area (Å²) in [6, 6.07) is 7.84. The number of thiophene rings is 1. The quantitative estimate of drug-likeness (QED) is 0.641. The van der Waals surface area contributed by atoms with Crippen molar-refractivity contribution in [3.05, 3.63) is 51.7 Å². The van der Waals surface area contributed by atoms with Gasteiger partial charge in [-0.25, -0.2) is 4.79 Å². The molecule has 1 aromatic carbocycles. The molecule has 1 aromatic heterocycles. The molecule has 1 unspecified atom stereocenters. The van der Waals surface area contributed by atoms with E-state index in [0.29, 0.717) is 18.8 Å². The second-order valence-corrected chi connectivity index (χ2v) is 7.31. The van der Waals surface area contributed by atoms with E-state index in [2.05, 4.69) is 39.7 Å². The zero-order valence-electron chi connectivity index (χ0n) is 14.4. The van der Waals surface area contributed by atoms with Gasteiger partial charge in [0.15, 0.2) is 0 Å². The molecule has 2 atom stereocenters. The Morgan fingerprint density at radius 3 is 3.04 bits per heavy atom. The number of nitrogens with one attached hydrogen (secondary N) is 3. The molecule has 25 heavy (non-hydrogen) atoms. The number of amides is 2. The lowest BCUT2D eigenvalue weighted by Gasteiger charge is -2.27. The van der Waals surface area contributed by atoms with Gasteiger partial charge in [-0.05, 0) is 64.9 Å². The fourth-order valence-corrected chi connectivity index (χ4v) is 3.84. The van der Waals surface area contributed by atoms with Crippen molar-refractivity contribution in [1.82, 2.24) is 16.0 Å². The summed E-state index contributed by atoms with van der Waals surface area (Å²) < 4.78 is 0. The highest BCUT2D eigenvalue weighted by Gasteiger charge is 2.19. The fourth-order valence-electron chi connectivity index (χ4n) is 3.16. The number of phenols is 1. The van der Waals surface area contributed by atoms with Crippen LogP contribution in [0.25, 0.3) is 0 Å². The highest BCUT2D eigenvalue weighted by atomic mass is 32.1. The highest BCUT2D eigenvalue weighted by Crippen LogP contribution is 2.21. The average molecular weight is 359 g/mol. The Kier molecular flexibility index (Phi) is 5.94. The monoisotopic (exact) mass is 359 g/mol. The number of hydrogen-bond donors (Lipinski definition) is 4. The summed E-state index contributed by atoms with van der Waals surface area (Å²) in [5.74, 6) is 0.299. The molecule has 0 saturated carbocycles. The van der Waals surface area contributed by atoms with Crippen molar-refractivity contribution in [1.29, 1.82) is 0 Å². The number of hydrogen-bond acceptors (Lipinski definition) is 4. The van der Waals surface area contributed by atoms with Gasteiger partial charge in [-0.1, -0.05) is 13.0 Å². The van der Waals surface area contributed by atoms with Gasteiger partial charge in [0, 0.05) is 25.2 Å². The standard InChI is InChI=1S/C19H25N3O2S/c1-2-16(7-13-5-6-25-12-13)22-19(24)21-11-17-8-14-3-4-18(23)9-15(14)10-20-17/h3-6,9,12,16-17,20,23H,2,7-8,10-11H2,1H3,(H2,21,22,24)/t16?,17-/m0/s1. The summed E-state index contributed by atoms with van der Waals surface area (Å²) in [5, 5.41) is 23.2. The first-order valence-electron chi connectivity index (χ1n) is 8.73. The van der Waals surface area contributed by atoms with Gasteiger partial charge in [0.05, 0.1) is 0 Å². The Bertz CT molecular complexity index is 703. The third kappa shape index (κ3) is 4.96. The van der Waals surface area contributed by atoms with Crippen molar-refractivity contribution in [2.24, 2.45) is 0 Å². The second kappa shape index (κ2) is 8.36. The van der Waals surface area contributed by atoms with E-state index in [1.54, 1.807) is 23.5 Å². The molecule has 0 fully saturated rings. The van der Waals surface area contributed by atoms with Crippen molar-refractivity contribution in [3.8, 4) is 5.75 Å². The molecular weight excluding hydrogens is 334 g/mol. The van der Waals surface area contributed by atoms with Crippen LogP contribution in [0.15, 0.2) is 35.0 Å². The Balaban J connectivity index is 1.45. The number of rotatable bonds is 6. The zero-order valence-corrected chi connectivity index (χ0v) is 15.2. The smallest absolute Gasteiger partial charge is 0.315 e. The molecule has 4 N–H and O–H groups in total. The summed E-state index contributed by atoms with van der Waals surface area (Å²) in [7, 11) is 0. The van der Waals surface area contributed by atoms with Crippen LogP contribution >= 0.6 is 11.3 Å². The third-order valence-electron chi connectivity index (χ3n) is 4.64. The number of urea groups is 1. The molecule has 0 bridgehead atoms. The van der Waals surface area contributed by atoms with Gasteiger partial charge < -0.3 is 21.1 Å². The third-order valence-corrected chi connectivity index (χ3v) is 5.37. The van der Waals surface area contributed by atoms with Gasteiger partial charge in [-0.15, -0.1) is 0 Å². The molecule has 0 saturated heterocycles. The molecule has 6 heteroatoms. The predicted molar refractivity (Wildman–Crippen MR) is 101 cm³/mol. The molecule has 2 aromatic rings. The molecule has 1 aliphatic heterocycles. The van der Waals surface area contributed by atoms with E-state index in [1.165, 1.54) is 11.1 Å². The number of aromatic hydroxyl groups is 1. The van der Waals surface area contributed by atoms with Crippen molar-refractivity contribution < 1.29 is 9.90 Å². The summed E-state index contributed by atoms with van der Waals surface area (Å²) in [6.07, 6.45) is 2.62. The van der Waals surface area contributed by atoms with Crippen LogP contribution in [0.3, 0.4) is 0 Å². The van der Waals surface area contributed by atoms with Crippen LogP contribution < -0.4 is 16.0 Å². The number of carbonyl (C=O) groups is 1. The molecule has 1 aliphatic rings. The van der Waals surface area contributed by atoms with Crippen molar-refractivity contribution in [3.63, 3.8) is 0 Å². The van der Waals surface area contributed by atoms with Gasteiger partial charge in [0.25, 0.3) is 0 Å². The maximum Gasteiger partial charge on any atom is 0.315 e. The minimum atomic E-state index is -0.111. The van der Waals surface area contributed by atoms with Gasteiger partial charge in [0.1, 0.15) is 5.75 Å². The van der Waals surface area contributed by atoms with Crippen molar-refractivity contribution in [2.75, 3.05) is 6.54 Å². The molecule has 0 aliphatic carbocycles. The van der Waals surface area contributed by atoms with Crippen molar-refractivity contribution in [2.45, 2.75) is 44.8 Å². The predicted octanol–water partition coefficient (Wildman–Crippen LogP) is 2.79. The molecule has 5 nitrogen and oxygen atoms in total. The first-order chi connectivity index (χ1) is 12.1. The van der Waals surface area contributed by atoms with Gasteiger partial charge in [0.2, 0.25) is 0 Å². The lowest BCUT2D eigenvalue weighted by molar-refractivity contribution is 0.234. The Labute approximate surface area is 152 Å². The van der Waals surface area contributed by atoms with E-state index in [9.17, 15) is 9.90 Å². The lowest BCUT2D eigenvalue weighted by atomic mass is 9.95. The molecular formula is C19H25N3O2S. The Morgan fingerprint density at radius 1 is 1.40 bits per heavy atom. The largest absolute Gasteiger partial charge is 0.508 e. The molecule has 0 spiro atoms. The minimum absolute atomic E-state index is 0.111. The van der Waals surface area contributed by atoms with Crippen molar-refractivity contribution >= 4 is 17.4 Å². The number of benzene rings is 1. The number of carbonyl (C=O) groups excluding carboxylic acids is 1. The van der Waals surface area contributed by atoms with Crippen LogP contribution in [0.5, 0.6) is 5.75 Å². The first-order valence-corrected chi connectivity index (χ1v) is 9.68. The molecule has 134 valence electrons.